The lowest BCUT2D eigenvalue weighted by Crippen LogP contribution is -2.40. The predicted molar refractivity (Wildman–Crippen MR) is 96.9 cm³/mol. The lowest BCUT2D eigenvalue weighted by molar-refractivity contribution is -0.123. The van der Waals surface area contributed by atoms with Crippen LogP contribution in [-0.4, -0.2) is 33.6 Å². The van der Waals surface area contributed by atoms with Gasteiger partial charge < -0.3 is 19.9 Å². The zero-order chi connectivity index (χ0) is 18.5. The second-order valence-electron chi connectivity index (χ2n) is 6.15. The minimum absolute atomic E-state index is 0.0540. The van der Waals surface area contributed by atoms with Gasteiger partial charge in [-0.25, -0.2) is 4.98 Å². The molecule has 1 aromatic carbocycles. The Balaban J connectivity index is 1.46. The molecule has 3 heterocycles. The lowest BCUT2D eigenvalue weighted by Gasteiger charge is -2.08. The molecule has 0 spiro atoms. The number of benzene rings is 1. The van der Waals surface area contributed by atoms with Gasteiger partial charge in [-0.2, -0.15) is 4.98 Å². The van der Waals surface area contributed by atoms with E-state index in [9.17, 15) is 4.79 Å². The van der Waals surface area contributed by atoms with Gasteiger partial charge in [0, 0.05) is 6.20 Å². The molecular formula is C19H19N5O3. The van der Waals surface area contributed by atoms with Gasteiger partial charge in [-0.05, 0) is 43.7 Å². The van der Waals surface area contributed by atoms with E-state index in [1.54, 1.807) is 18.3 Å². The summed E-state index contributed by atoms with van der Waals surface area (Å²) in [6.45, 7) is 1.05. The highest BCUT2D eigenvalue weighted by molar-refractivity contribution is 5.81. The molecule has 1 saturated heterocycles. The SMILES string of the molecule is O=C(NCc1nc(-c2cccnc2Oc2ccccc2)no1)C1CCCN1. The fourth-order valence-corrected chi connectivity index (χ4v) is 2.87. The number of nitrogens with one attached hydrogen (secondary N) is 2. The van der Waals surface area contributed by atoms with Gasteiger partial charge in [0.05, 0.1) is 18.2 Å². The highest BCUT2D eigenvalue weighted by atomic mass is 16.5. The van der Waals surface area contributed by atoms with Crippen LogP contribution in [0.3, 0.4) is 0 Å². The van der Waals surface area contributed by atoms with E-state index in [0.29, 0.717) is 28.9 Å². The van der Waals surface area contributed by atoms with Gasteiger partial charge >= 0.3 is 0 Å². The van der Waals surface area contributed by atoms with Crippen molar-refractivity contribution in [3.05, 3.63) is 54.6 Å². The number of pyridine rings is 1. The van der Waals surface area contributed by atoms with E-state index in [1.165, 1.54) is 0 Å². The number of rotatable bonds is 6. The topological polar surface area (TPSA) is 102 Å². The molecule has 2 aromatic heterocycles. The highest BCUT2D eigenvalue weighted by Gasteiger charge is 2.22. The molecule has 0 saturated carbocycles. The van der Waals surface area contributed by atoms with Crippen LogP contribution in [0, 0.1) is 0 Å². The Morgan fingerprint density at radius 1 is 1.26 bits per heavy atom. The van der Waals surface area contributed by atoms with Gasteiger partial charge in [-0.15, -0.1) is 0 Å². The molecule has 0 radical (unpaired) electrons. The lowest BCUT2D eigenvalue weighted by atomic mass is 10.2. The summed E-state index contributed by atoms with van der Waals surface area (Å²) in [5.74, 6) is 1.68. The summed E-state index contributed by atoms with van der Waals surface area (Å²) in [6.07, 6.45) is 3.49. The molecule has 138 valence electrons. The van der Waals surface area contributed by atoms with Crippen molar-refractivity contribution < 1.29 is 14.1 Å². The van der Waals surface area contributed by atoms with E-state index in [2.05, 4.69) is 25.8 Å². The molecule has 1 atom stereocenters. The molecule has 1 fully saturated rings. The summed E-state index contributed by atoms with van der Waals surface area (Å²) in [7, 11) is 0. The molecule has 1 aliphatic rings. The Labute approximate surface area is 156 Å². The third kappa shape index (κ3) is 4.12. The van der Waals surface area contributed by atoms with E-state index in [1.807, 2.05) is 30.3 Å². The molecule has 1 amide bonds. The smallest absolute Gasteiger partial charge is 0.246 e. The Kier molecular flexibility index (Phi) is 5.06. The van der Waals surface area contributed by atoms with Crippen molar-refractivity contribution in [1.82, 2.24) is 25.8 Å². The fraction of sp³-hybridized carbons (Fsp3) is 0.263. The second kappa shape index (κ2) is 7.96. The molecule has 4 rings (SSSR count). The molecule has 27 heavy (non-hydrogen) atoms. The fourth-order valence-electron chi connectivity index (χ4n) is 2.87. The van der Waals surface area contributed by atoms with Gasteiger partial charge in [0.2, 0.25) is 23.5 Å². The molecule has 1 aliphatic heterocycles. The van der Waals surface area contributed by atoms with Crippen LogP contribution in [0.2, 0.25) is 0 Å². The Bertz CT molecular complexity index is 906. The van der Waals surface area contributed by atoms with Crippen molar-refractivity contribution in [3.63, 3.8) is 0 Å². The number of para-hydroxylation sites is 1. The average Bonchev–Trinajstić information content (AvgIpc) is 3.40. The van der Waals surface area contributed by atoms with Crippen LogP contribution < -0.4 is 15.4 Å². The molecule has 3 aromatic rings. The van der Waals surface area contributed by atoms with Crippen molar-refractivity contribution in [1.29, 1.82) is 0 Å². The normalized spacial score (nSPS) is 16.2. The number of ether oxygens (including phenoxy) is 1. The molecule has 0 bridgehead atoms. The maximum atomic E-state index is 12.1. The first-order valence-corrected chi connectivity index (χ1v) is 8.81. The van der Waals surface area contributed by atoms with Gasteiger partial charge in [0.1, 0.15) is 5.75 Å². The van der Waals surface area contributed by atoms with Crippen molar-refractivity contribution in [3.8, 4) is 23.0 Å². The van der Waals surface area contributed by atoms with Gasteiger partial charge in [-0.3, -0.25) is 4.79 Å². The summed E-state index contributed by atoms with van der Waals surface area (Å²) >= 11 is 0. The van der Waals surface area contributed by atoms with Gasteiger partial charge in [0.15, 0.2) is 0 Å². The Hall–Kier alpha value is -3.26. The molecule has 1 unspecified atom stereocenters. The zero-order valence-electron chi connectivity index (χ0n) is 14.6. The zero-order valence-corrected chi connectivity index (χ0v) is 14.6. The van der Waals surface area contributed by atoms with Crippen molar-refractivity contribution >= 4 is 5.91 Å². The Morgan fingerprint density at radius 3 is 2.96 bits per heavy atom. The summed E-state index contributed by atoms with van der Waals surface area (Å²) in [4.78, 5) is 20.7. The van der Waals surface area contributed by atoms with Crippen molar-refractivity contribution in [2.24, 2.45) is 0 Å². The molecular weight excluding hydrogens is 346 g/mol. The minimum atomic E-state index is -0.142. The molecule has 8 nitrogen and oxygen atoms in total. The van der Waals surface area contributed by atoms with Crippen LogP contribution in [0.4, 0.5) is 0 Å². The van der Waals surface area contributed by atoms with Gasteiger partial charge in [0.25, 0.3) is 0 Å². The number of carbonyl (C=O) groups is 1. The number of aromatic nitrogens is 3. The number of carbonyl (C=O) groups excluding carboxylic acids is 1. The first-order chi connectivity index (χ1) is 13.3. The predicted octanol–water partition coefficient (Wildman–Crippen LogP) is 2.29. The number of hydrogen-bond acceptors (Lipinski definition) is 7. The summed E-state index contributed by atoms with van der Waals surface area (Å²) in [6, 6.07) is 12.8. The largest absolute Gasteiger partial charge is 0.438 e. The summed E-state index contributed by atoms with van der Waals surface area (Å²) < 4.78 is 11.1. The monoisotopic (exact) mass is 365 g/mol. The number of nitrogens with zero attached hydrogens (tertiary/aromatic N) is 3. The minimum Gasteiger partial charge on any atom is -0.438 e. The van der Waals surface area contributed by atoms with E-state index < -0.39 is 0 Å². The van der Waals surface area contributed by atoms with Crippen LogP contribution in [-0.2, 0) is 11.3 Å². The van der Waals surface area contributed by atoms with Crippen LogP contribution in [0.1, 0.15) is 18.7 Å². The van der Waals surface area contributed by atoms with Crippen LogP contribution in [0.15, 0.2) is 53.2 Å². The van der Waals surface area contributed by atoms with Crippen LogP contribution >= 0.6 is 0 Å². The first kappa shape index (κ1) is 17.2. The first-order valence-electron chi connectivity index (χ1n) is 8.81. The van der Waals surface area contributed by atoms with E-state index in [0.717, 1.165) is 19.4 Å². The Morgan fingerprint density at radius 2 is 2.15 bits per heavy atom. The van der Waals surface area contributed by atoms with E-state index in [4.69, 9.17) is 9.26 Å². The van der Waals surface area contributed by atoms with Crippen molar-refractivity contribution in [2.45, 2.75) is 25.4 Å². The maximum Gasteiger partial charge on any atom is 0.246 e. The number of amides is 1. The average molecular weight is 365 g/mol. The number of hydrogen-bond donors (Lipinski definition) is 2. The van der Waals surface area contributed by atoms with Crippen LogP contribution in [0.5, 0.6) is 11.6 Å². The summed E-state index contributed by atoms with van der Waals surface area (Å²) in [5.41, 5.74) is 0.611. The quantitative estimate of drug-likeness (QED) is 0.691. The summed E-state index contributed by atoms with van der Waals surface area (Å²) in [5, 5.41) is 9.96. The molecule has 2 N–H and O–H groups in total. The molecule has 8 heteroatoms. The standard InChI is InChI=1S/C19H19N5O3/c25-18(15-9-5-10-20-15)22-12-16-23-17(24-27-16)14-8-4-11-21-19(14)26-13-6-2-1-3-7-13/h1-4,6-8,11,15,20H,5,9-10,12H2,(H,22,25). The molecule has 0 aliphatic carbocycles. The van der Waals surface area contributed by atoms with E-state index >= 15 is 0 Å². The second-order valence-corrected chi connectivity index (χ2v) is 6.15. The van der Waals surface area contributed by atoms with Crippen molar-refractivity contribution in [2.75, 3.05) is 6.54 Å². The third-order valence-electron chi connectivity index (χ3n) is 4.23. The highest BCUT2D eigenvalue weighted by Crippen LogP contribution is 2.29. The third-order valence-corrected chi connectivity index (χ3v) is 4.23. The van der Waals surface area contributed by atoms with E-state index in [-0.39, 0.29) is 18.5 Å². The van der Waals surface area contributed by atoms with Gasteiger partial charge in [-0.1, -0.05) is 23.4 Å². The maximum absolute atomic E-state index is 12.1. The van der Waals surface area contributed by atoms with Crippen LogP contribution in [0.25, 0.3) is 11.4 Å².